The van der Waals surface area contributed by atoms with Crippen LogP contribution in [0.3, 0.4) is 0 Å². The molecule has 1 N–H and O–H groups in total. The van der Waals surface area contributed by atoms with Gasteiger partial charge >= 0.3 is 0 Å². The third-order valence-electron chi connectivity index (χ3n) is 2.78. The van der Waals surface area contributed by atoms with Crippen molar-refractivity contribution in [1.29, 1.82) is 5.26 Å². The zero-order valence-corrected chi connectivity index (χ0v) is 12.0. The first-order valence-corrected chi connectivity index (χ1v) is 6.36. The van der Waals surface area contributed by atoms with E-state index in [0.29, 0.717) is 23.7 Å². The molecule has 0 amide bonds. The predicted molar refractivity (Wildman–Crippen MR) is 70.4 cm³/mol. The third kappa shape index (κ3) is 2.70. The summed E-state index contributed by atoms with van der Waals surface area (Å²) in [6, 6.07) is 1.99. The van der Waals surface area contributed by atoms with Crippen LogP contribution in [-0.2, 0) is 4.74 Å². The molecule has 2 rings (SSSR count). The first-order valence-electron chi connectivity index (χ1n) is 6.36. The molecule has 1 unspecified atom stereocenters. The molecule has 0 aromatic carbocycles. The average Bonchev–Trinajstić information content (AvgIpc) is 3.02. The van der Waals surface area contributed by atoms with E-state index >= 15 is 0 Å². The molecule has 106 valence electrons. The normalized spacial score (nSPS) is 13.2. The van der Waals surface area contributed by atoms with Gasteiger partial charge < -0.3 is 9.26 Å². The highest BCUT2D eigenvalue weighted by molar-refractivity contribution is 5.59. The van der Waals surface area contributed by atoms with Gasteiger partial charge in [0.25, 0.3) is 5.89 Å². The maximum Gasteiger partial charge on any atom is 0.262 e. The quantitative estimate of drug-likeness (QED) is 0.919. The van der Waals surface area contributed by atoms with Crippen molar-refractivity contribution in [2.24, 2.45) is 5.41 Å². The first-order chi connectivity index (χ1) is 9.47. The van der Waals surface area contributed by atoms with E-state index in [9.17, 15) is 0 Å². The van der Waals surface area contributed by atoms with Gasteiger partial charge in [0.2, 0.25) is 5.82 Å². The molecule has 0 radical (unpaired) electrons. The van der Waals surface area contributed by atoms with E-state index in [1.807, 2.05) is 33.8 Å². The van der Waals surface area contributed by atoms with Gasteiger partial charge in [-0.05, 0) is 12.3 Å². The minimum absolute atomic E-state index is 0.161. The van der Waals surface area contributed by atoms with Crippen molar-refractivity contribution >= 4 is 0 Å². The summed E-state index contributed by atoms with van der Waals surface area (Å²) in [6.07, 6.45) is 1.21. The molecule has 0 spiro atoms. The number of H-pyrrole nitrogens is 1. The van der Waals surface area contributed by atoms with E-state index in [1.165, 1.54) is 6.20 Å². The summed E-state index contributed by atoms with van der Waals surface area (Å²) in [6.45, 7) is 8.61. The molecule has 0 fully saturated rings. The van der Waals surface area contributed by atoms with Crippen LogP contribution in [0.4, 0.5) is 0 Å². The van der Waals surface area contributed by atoms with Crippen molar-refractivity contribution in [3.8, 4) is 17.5 Å². The van der Waals surface area contributed by atoms with Crippen LogP contribution in [0.2, 0.25) is 0 Å². The molecule has 7 heteroatoms. The van der Waals surface area contributed by atoms with Crippen LogP contribution in [0.1, 0.15) is 45.3 Å². The summed E-state index contributed by atoms with van der Waals surface area (Å²) in [5, 5.41) is 19.3. The lowest BCUT2D eigenvalue weighted by Gasteiger charge is -2.27. The smallest absolute Gasteiger partial charge is 0.262 e. The molecule has 0 saturated heterocycles. The highest BCUT2D eigenvalue weighted by atomic mass is 16.5. The van der Waals surface area contributed by atoms with Crippen LogP contribution in [0.5, 0.6) is 0 Å². The van der Waals surface area contributed by atoms with Crippen molar-refractivity contribution in [2.45, 2.75) is 33.8 Å². The van der Waals surface area contributed by atoms with Gasteiger partial charge in [-0.2, -0.15) is 15.3 Å². The molecule has 0 saturated carbocycles. The molecule has 7 nitrogen and oxygen atoms in total. The number of hydrogen-bond donors (Lipinski definition) is 1. The lowest BCUT2D eigenvalue weighted by atomic mass is 9.88. The molecule has 0 bridgehead atoms. The fraction of sp³-hybridized carbons (Fsp3) is 0.538. The minimum Gasteiger partial charge on any atom is -0.370 e. The highest BCUT2D eigenvalue weighted by Gasteiger charge is 2.31. The number of ether oxygens (including phenoxy) is 1. The minimum atomic E-state index is -0.276. The third-order valence-corrected chi connectivity index (χ3v) is 2.78. The molecular formula is C13H17N5O2. The van der Waals surface area contributed by atoms with Gasteiger partial charge in [-0.25, -0.2) is 0 Å². The Bertz CT molecular complexity index is 617. The first kappa shape index (κ1) is 14.2. The molecule has 2 heterocycles. The van der Waals surface area contributed by atoms with Gasteiger partial charge in [0.1, 0.15) is 17.9 Å². The van der Waals surface area contributed by atoms with Crippen molar-refractivity contribution in [1.82, 2.24) is 20.3 Å². The SMILES string of the molecule is CCOC(c1noc(-c2cn[nH]c2C#N)n1)C(C)(C)C. The Kier molecular flexibility index (Phi) is 3.86. The summed E-state index contributed by atoms with van der Waals surface area (Å²) in [4.78, 5) is 4.33. The molecule has 0 aliphatic rings. The van der Waals surface area contributed by atoms with Gasteiger partial charge in [-0.15, -0.1) is 0 Å². The van der Waals surface area contributed by atoms with Crippen molar-refractivity contribution < 1.29 is 9.26 Å². The van der Waals surface area contributed by atoms with Crippen molar-refractivity contribution in [2.75, 3.05) is 6.61 Å². The summed E-state index contributed by atoms with van der Waals surface area (Å²) in [5.41, 5.74) is 0.630. The largest absolute Gasteiger partial charge is 0.370 e. The van der Waals surface area contributed by atoms with E-state index in [0.717, 1.165) is 0 Å². The van der Waals surface area contributed by atoms with Crippen molar-refractivity contribution in [3.05, 3.63) is 17.7 Å². The highest BCUT2D eigenvalue weighted by Crippen LogP contribution is 2.35. The molecular weight excluding hydrogens is 258 g/mol. The van der Waals surface area contributed by atoms with Gasteiger partial charge in [-0.1, -0.05) is 25.9 Å². The van der Waals surface area contributed by atoms with Crippen LogP contribution in [-0.4, -0.2) is 26.9 Å². The number of aromatic amines is 1. The standard InChI is InChI=1S/C13H17N5O2/c1-5-19-10(13(2,3)4)11-16-12(20-18-11)8-7-15-17-9(8)6-14/h7,10H,5H2,1-4H3,(H,15,17). The zero-order chi connectivity index (χ0) is 14.8. The lowest BCUT2D eigenvalue weighted by molar-refractivity contribution is -0.0203. The van der Waals surface area contributed by atoms with Crippen molar-refractivity contribution in [3.63, 3.8) is 0 Å². The predicted octanol–water partition coefficient (Wildman–Crippen LogP) is 2.46. The maximum atomic E-state index is 8.96. The number of nitrogens with one attached hydrogen (secondary N) is 1. The molecule has 2 aromatic heterocycles. The number of aromatic nitrogens is 4. The van der Waals surface area contributed by atoms with Crippen LogP contribution in [0.15, 0.2) is 10.7 Å². The average molecular weight is 275 g/mol. The topological polar surface area (TPSA) is 101 Å². The zero-order valence-electron chi connectivity index (χ0n) is 12.0. The fourth-order valence-corrected chi connectivity index (χ4v) is 1.86. The summed E-state index contributed by atoms with van der Waals surface area (Å²) in [7, 11) is 0. The number of nitrogens with zero attached hydrogens (tertiary/aromatic N) is 4. The molecule has 20 heavy (non-hydrogen) atoms. The number of hydrogen-bond acceptors (Lipinski definition) is 6. The molecule has 1 atom stereocenters. The monoisotopic (exact) mass is 275 g/mol. The van der Waals surface area contributed by atoms with Gasteiger partial charge in [0.05, 0.1) is 11.8 Å². The Morgan fingerprint density at radius 1 is 1.50 bits per heavy atom. The van der Waals surface area contributed by atoms with E-state index in [2.05, 4.69) is 20.3 Å². The number of nitriles is 1. The van der Waals surface area contributed by atoms with Gasteiger partial charge in [-0.3, -0.25) is 5.10 Å². The van der Waals surface area contributed by atoms with E-state index in [1.54, 1.807) is 0 Å². The number of rotatable bonds is 4. The summed E-state index contributed by atoms with van der Waals surface area (Å²) < 4.78 is 10.9. The van der Waals surface area contributed by atoms with Crippen LogP contribution in [0.25, 0.3) is 11.5 Å². The maximum absolute atomic E-state index is 8.96. The second-order valence-corrected chi connectivity index (χ2v) is 5.43. The van der Waals surface area contributed by atoms with E-state index < -0.39 is 0 Å². The summed E-state index contributed by atoms with van der Waals surface area (Å²) >= 11 is 0. The Morgan fingerprint density at radius 3 is 2.85 bits per heavy atom. The van der Waals surface area contributed by atoms with Crippen LogP contribution >= 0.6 is 0 Å². The molecule has 2 aromatic rings. The second kappa shape index (κ2) is 5.43. The van der Waals surface area contributed by atoms with Gasteiger partial charge in [0.15, 0.2) is 0 Å². The second-order valence-electron chi connectivity index (χ2n) is 5.43. The molecule has 0 aliphatic heterocycles. The van der Waals surface area contributed by atoms with Crippen LogP contribution in [0, 0.1) is 16.7 Å². The summed E-state index contributed by atoms with van der Waals surface area (Å²) in [5.74, 6) is 0.735. The Hall–Kier alpha value is -2.20. The fourth-order valence-electron chi connectivity index (χ4n) is 1.86. The van der Waals surface area contributed by atoms with E-state index in [4.69, 9.17) is 14.5 Å². The lowest BCUT2D eigenvalue weighted by Crippen LogP contribution is -2.22. The Labute approximate surface area is 116 Å². The van der Waals surface area contributed by atoms with Gasteiger partial charge in [0, 0.05) is 6.61 Å². The molecule has 0 aliphatic carbocycles. The van der Waals surface area contributed by atoms with E-state index in [-0.39, 0.29) is 17.4 Å². The Balaban J connectivity index is 2.35. The Morgan fingerprint density at radius 2 is 2.25 bits per heavy atom. The van der Waals surface area contributed by atoms with Crippen LogP contribution < -0.4 is 0 Å².